The summed E-state index contributed by atoms with van der Waals surface area (Å²) in [4.78, 5) is 1.21. The van der Waals surface area contributed by atoms with Gasteiger partial charge >= 0.3 is 0 Å². The first-order chi connectivity index (χ1) is 5.38. The standard InChI is InChI=1S/C8H10O2S/c1-6-8-7(5-11-6)9-3-2-4-10-8/h5H,2-4H2,1H3. The Hall–Kier alpha value is -0.700. The Labute approximate surface area is 69.8 Å². The van der Waals surface area contributed by atoms with E-state index < -0.39 is 0 Å². The van der Waals surface area contributed by atoms with Gasteiger partial charge in [0, 0.05) is 16.7 Å². The fourth-order valence-corrected chi connectivity index (χ4v) is 1.84. The summed E-state index contributed by atoms with van der Waals surface area (Å²) in [5, 5.41) is 2.01. The summed E-state index contributed by atoms with van der Waals surface area (Å²) in [6.07, 6.45) is 0.985. The average Bonchev–Trinajstić information content (AvgIpc) is 2.25. The van der Waals surface area contributed by atoms with E-state index in [0.717, 1.165) is 31.1 Å². The Bertz CT molecular complexity index is 255. The Balaban J connectivity index is 2.35. The summed E-state index contributed by atoms with van der Waals surface area (Å²) in [5.41, 5.74) is 0. The van der Waals surface area contributed by atoms with E-state index in [1.165, 1.54) is 4.88 Å². The second kappa shape index (κ2) is 2.74. The highest BCUT2D eigenvalue weighted by molar-refractivity contribution is 7.10. The summed E-state index contributed by atoms with van der Waals surface area (Å²) >= 11 is 1.68. The van der Waals surface area contributed by atoms with Gasteiger partial charge in [-0.3, -0.25) is 0 Å². The van der Waals surface area contributed by atoms with E-state index in [0.29, 0.717) is 0 Å². The third-order valence-electron chi connectivity index (χ3n) is 1.68. The zero-order valence-electron chi connectivity index (χ0n) is 6.42. The summed E-state index contributed by atoms with van der Waals surface area (Å²) in [6.45, 7) is 3.62. The highest BCUT2D eigenvalue weighted by Crippen LogP contribution is 2.37. The Kier molecular flexibility index (Phi) is 1.74. The van der Waals surface area contributed by atoms with Crippen molar-refractivity contribution in [2.75, 3.05) is 13.2 Å². The second-order valence-corrected chi connectivity index (χ2v) is 3.62. The summed E-state index contributed by atoms with van der Waals surface area (Å²) in [5.74, 6) is 1.87. The van der Waals surface area contributed by atoms with Gasteiger partial charge < -0.3 is 9.47 Å². The van der Waals surface area contributed by atoms with Gasteiger partial charge in [-0.2, -0.15) is 0 Å². The van der Waals surface area contributed by atoms with Crippen LogP contribution in [0.2, 0.25) is 0 Å². The molecule has 1 aromatic heterocycles. The van der Waals surface area contributed by atoms with E-state index in [9.17, 15) is 0 Å². The maximum Gasteiger partial charge on any atom is 0.174 e. The monoisotopic (exact) mass is 170 g/mol. The first-order valence-electron chi connectivity index (χ1n) is 3.71. The number of ether oxygens (including phenoxy) is 2. The van der Waals surface area contributed by atoms with Crippen LogP contribution in [0.5, 0.6) is 11.5 Å². The quantitative estimate of drug-likeness (QED) is 0.594. The zero-order valence-corrected chi connectivity index (χ0v) is 7.24. The molecular formula is C8H10O2S. The second-order valence-electron chi connectivity index (χ2n) is 2.54. The Morgan fingerprint density at radius 3 is 3.09 bits per heavy atom. The molecule has 0 fully saturated rings. The molecule has 0 amide bonds. The molecule has 60 valence electrons. The van der Waals surface area contributed by atoms with Crippen molar-refractivity contribution in [3.05, 3.63) is 10.3 Å². The molecule has 0 spiro atoms. The molecule has 2 heterocycles. The Morgan fingerprint density at radius 2 is 2.18 bits per heavy atom. The van der Waals surface area contributed by atoms with E-state index in [4.69, 9.17) is 9.47 Å². The predicted octanol–water partition coefficient (Wildman–Crippen LogP) is 2.22. The van der Waals surface area contributed by atoms with Crippen molar-refractivity contribution in [1.29, 1.82) is 0 Å². The van der Waals surface area contributed by atoms with Crippen LogP contribution in [-0.2, 0) is 0 Å². The molecule has 1 aliphatic rings. The van der Waals surface area contributed by atoms with Crippen molar-refractivity contribution in [3.63, 3.8) is 0 Å². The first-order valence-corrected chi connectivity index (χ1v) is 4.59. The van der Waals surface area contributed by atoms with Crippen LogP contribution in [0.1, 0.15) is 11.3 Å². The topological polar surface area (TPSA) is 18.5 Å². The van der Waals surface area contributed by atoms with Gasteiger partial charge in [0.25, 0.3) is 0 Å². The molecule has 0 radical (unpaired) electrons. The molecule has 0 bridgehead atoms. The van der Waals surface area contributed by atoms with Gasteiger partial charge in [0.15, 0.2) is 11.5 Å². The smallest absolute Gasteiger partial charge is 0.174 e. The Morgan fingerprint density at radius 1 is 1.36 bits per heavy atom. The van der Waals surface area contributed by atoms with Crippen LogP contribution in [0.4, 0.5) is 0 Å². The molecule has 0 N–H and O–H groups in total. The molecule has 0 unspecified atom stereocenters. The average molecular weight is 170 g/mol. The third kappa shape index (κ3) is 1.20. The van der Waals surface area contributed by atoms with Gasteiger partial charge in [0.2, 0.25) is 0 Å². The van der Waals surface area contributed by atoms with Crippen LogP contribution in [0.25, 0.3) is 0 Å². The minimum absolute atomic E-state index is 0.781. The van der Waals surface area contributed by atoms with E-state index in [1.807, 2.05) is 5.38 Å². The zero-order chi connectivity index (χ0) is 7.68. The minimum Gasteiger partial charge on any atom is -0.489 e. The van der Waals surface area contributed by atoms with Crippen molar-refractivity contribution in [1.82, 2.24) is 0 Å². The normalized spacial score (nSPS) is 16.1. The van der Waals surface area contributed by atoms with Gasteiger partial charge in [0.1, 0.15) is 0 Å². The molecule has 0 aliphatic carbocycles. The highest BCUT2D eigenvalue weighted by atomic mass is 32.1. The van der Waals surface area contributed by atoms with Crippen molar-refractivity contribution in [3.8, 4) is 11.5 Å². The maximum atomic E-state index is 5.50. The van der Waals surface area contributed by atoms with Crippen molar-refractivity contribution in [2.24, 2.45) is 0 Å². The van der Waals surface area contributed by atoms with Gasteiger partial charge in [-0.1, -0.05) is 0 Å². The molecule has 1 aromatic rings. The van der Waals surface area contributed by atoms with Crippen LogP contribution in [0.15, 0.2) is 5.38 Å². The lowest BCUT2D eigenvalue weighted by atomic mass is 10.4. The van der Waals surface area contributed by atoms with Crippen molar-refractivity contribution < 1.29 is 9.47 Å². The van der Waals surface area contributed by atoms with Gasteiger partial charge in [0.05, 0.1) is 13.2 Å². The number of fused-ring (bicyclic) bond motifs is 1. The summed E-state index contributed by atoms with van der Waals surface area (Å²) < 4.78 is 11.0. The molecule has 3 heteroatoms. The van der Waals surface area contributed by atoms with Crippen LogP contribution in [-0.4, -0.2) is 13.2 Å². The fourth-order valence-electron chi connectivity index (χ4n) is 1.11. The van der Waals surface area contributed by atoms with Crippen LogP contribution < -0.4 is 9.47 Å². The summed E-state index contributed by atoms with van der Waals surface area (Å²) in [6, 6.07) is 0. The molecule has 1 aliphatic heterocycles. The van der Waals surface area contributed by atoms with Gasteiger partial charge in [-0.15, -0.1) is 11.3 Å². The molecule has 0 saturated carbocycles. The number of thiophene rings is 1. The van der Waals surface area contributed by atoms with Crippen molar-refractivity contribution in [2.45, 2.75) is 13.3 Å². The van der Waals surface area contributed by atoms with Gasteiger partial charge in [-0.25, -0.2) is 0 Å². The van der Waals surface area contributed by atoms with E-state index in [-0.39, 0.29) is 0 Å². The van der Waals surface area contributed by atoms with E-state index >= 15 is 0 Å². The maximum absolute atomic E-state index is 5.50. The molecule has 2 rings (SSSR count). The number of hydrogen-bond donors (Lipinski definition) is 0. The predicted molar refractivity (Wildman–Crippen MR) is 44.7 cm³/mol. The SMILES string of the molecule is Cc1scc2c1OCCCO2. The first kappa shape index (κ1) is 6.98. The van der Waals surface area contributed by atoms with Gasteiger partial charge in [-0.05, 0) is 6.92 Å². The molecule has 0 aromatic carbocycles. The lowest BCUT2D eigenvalue weighted by Gasteiger charge is -2.00. The largest absolute Gasteiger partial charge is 0.489 e. The number of rotatable bonds is 0. The van der Waals surface area contributed by atoms with E-state index in [1.54, 1.807) is 11.3 Å². The third-order valence-corrected chi connectivity index (χ3v) is 2.55. The molecular weight excluding hydrogens is 160 g/mol. The molecule has 0 atom stereocenters. The molecule has 0 saturated heterocycles. The lowest BCUT2D eigenvalue weighted by molar-refractivity contribution is 0.296. The summed E-state index contributed by atoms with van der Waals surface area (Å²) in [7, 11) is 0. The van der Waals surface area contributed by atoms with Crippen LogP contribution in [0, 0.1) is 6.92 Å². The van der Waals surface area contributed by atoms with E-state index in [2.05, 4.69) is 6.92 Å². The minimum atomic E-state index is 0.781. The molecule has 2 nitrogen and oxygen atoms in total. The lowest BCUT2D eigenvalue weighted by Crippen LogP contribution is -1.98. The fraction of sp³-hybridized carbons (Fsp3) is 0.500. The number of hydrogen-bond acceptors (Lipinski definition) is 3. The molecule has 11 heavy (non-hydrogen) atoms. The van der Waals surface area contributed by atoms with Crippen molar-refractivity contribution >= 4 is 11.3 Å². The number of aryl methyl sites for hydroxylation is 1. The van der Waals surface area contributed by atoms with Crippen LogP contribution in [0.3, 0.4) is 0 Å². The van der Waals surface area contributed by atoms with Crippen LogP contribution >= 0.6 is 11.3 Å². The highest BCUT2D eigenvalue weighted by Gasteiger charge is 2.13.